The number of aryl methyl sites for hydroxylation is 1. The predicted octanol–water partition coefficient (Wildman–Crippen LogP) is 5.21. The standard InChI is InChI=1S/C18H27ClO2/c1-12-10-13(17(2,3)4)16(21)14(11-12)18(5,6)9-7-8-15(19)20/h10-11,21H,7-9H2,1-6H3. The third kappa shape index (κ3) is 4.74. The molecule has 0 heterocycles. The van der Waals surface area contributed by atoms with Gasteiger partial charge in [-0.1, -0.05) is 52.3 Å². The second-order valence-corrected chi connectivity index (χ2v) is 7.97. The van der Waals surface area contributed by atoms with Crippen molar-refractivity contribution in [3.63, 3.8) is 0 Å². The largest absolute Gasteiger partial charge is 0.507 e. The number of carbonyl (C=O) groups excluding carboxylic acids is 1. The summed E-state index contributed by atoms with van der Waals surface area (Å²) in [6.45, 7) is 12.6. The van der Waals surface area contributed by atoms with Crippen LogP contribution in [0.3, 0.4) is 0 Å². The molecule has 0 aliphatic heterocycles. The van der Waals surface area contributed by atoms with Crippen LogP contribution in [-0.2, 0) is 15.6 Å². The number of aromatic hydroxyl groups is 1. The van der Waals surface area contributed by atoms with E-state index < -0.39 is 0 Å². The highest BCUT2D eigenvalue weighted by Crippen LogP contribution is 2.41. The Kier molecular flexibility index (Phi) is 5.49. The zero-order valence-corrected chi connectivity index (χ0v) is 14.8. The third-order valence-electron chi connectivity index (χ3n) is 3.97. The molecule has 0 aliphatic rings. The van der Waals surface area contributed by atoms with Crippen molar-refractivity contribution in [2.75, 3.05) is 0 Å². The minimum absolute atomic E-state index is 0.104. The summed E-state index contributed by atoms with van der Waals surface area (Å²) in [4.78, 5) is 10.9. The SMILES string of the molecule is Cc1cc(C(C)(C)C)c(O)c(C(C)(C)CCCC(=O)Cl)c1. The Hall–Kier alpha value is -1.02. The van der Waals surface area contributed by atoms with E-state index >= 15 is 0 Å². The lowest BCUT2D eigenvalue weighted by Crippen LogP contribution is -2.20. The minimum Gasteiger partial charge on any atom is -0.507 e. The maximum Gasteiger partial charge on any atom is 0.221 e. The zero-order valence-electron chi connectivity index (χ0n) is 14.0. The highest BCUT2D eigenvalue weighted by atomic mass is 35.5. The van der Waals surface area contributed by atoms with E-state index in [-0.39, 0.29) is 16.1 Å². The number of hydrogen-bond acceptors (Lipinski definition) is 2. The first-order chi connectivity index (χ1) is 9.45. The summed E-state index contributed by atoms with van der Waals surface area (Å²) in [5.41, 5.74) is 2.78. The van der Waals surface area contributed by atoms with E-state index in [0.717, 1.165) is 29.5 Å². The molecule has 2 nitrogen and oxygen atoms in total. The number of phenols is 1. The number of rotatable bonds is 5. The van der Waals surface area contributed by atoms with Crippen molar-refractivity contribution >= 4 is 16.8 Å². The number of phenolic OH excluding ortho intramolecular Hbond substituents is 1. The molecule has 0 radical (unpaired) electrons. The normalized spacial score (nSPS) is 12.5. The van der Waals surface area contributed by atoms with E-state index in [1.165, 1.54) is 0 Å². The van der Waals surface area contributed by atoms with Gasteiger partial charge in [0.2, 0.25) is 5.24 Å². The molecule has 1 rings (SSSR count). The Balaban J connectivity index is 3.17. The monoisotopic (exact) mass is 310 g/mol. The molecule has 1 aromatic rings. The molecule has 0 saturated heterocycles. The molecule has 1 N–H and O–H groups in total. The molecule has 0 aliphatic carbocycles. The molecule has 0 fully saturated rings. The van der Waals surface area contributed by atoms with Gasteiger partial charge in [-0.15, -0.1) is 0 Å². The Labute approximate surface area is 133 Å². The van der Waals surface area contributed by atoms with Crippen LogP contribution in [0.25, 0.3) is 0 Å². The summed E-state index contributed by atoms with van der Waals surface area (Å²) in [5, 5.41) is 10.4. The number of halogens is 1. The lowest BCUT2D eigenvalue weighted by Gasteiger charge is -2.30. The second kappa shape index (κ2) is 6.39. The summed E-state index contributed by atoms with van der Waals surface area (Å²) >= 11 is 5.41. The molecule has 0 spiro atoms. The van der Waals surface area contributed by atoms with Crippen LogP contribution in [0.15, 0.2) is 12.1 Å². The maximum absolute atomic E-state index is 10.9. The first-order valence-electron chi connectivity index (χ1n) is 7.48. The number of benzene rings is 1. The summed E-state index contributed by atoms with van der Waals surface area (Å²) in [5.74, 6) is 0.385. The van der Waals surface area contributed by atoms with Crippen molar-refractivity contribution in [1.29, 1.82) is 0 Å². The van der Waals surface area contributed by atoms with Gasteiger partial charge in [-0.3, -0.25) is 4.79 Å². The van der Waals surface area contributed by atoms with Gasteiger partial charge in [-0.2, -0.15) is 0 Å². The summed E-state index contributed by atoms with van der Waals surface area (Å²) in [7, 11) is 0. The molecule has 0 aromatic heterocycles. The van der Waals surface area contributed by atoms with Crippen LogP contribution in [0.4, 0.5) is 0 Å². The third-order valence-corrected chi connectivity index (χ3v) is 4.16. The van der Waals surface area contributed by atoms with E-state index in [1.807, 2.05) is 6.07 Å². The zero-order chi connectivity index (χ0) is 16.4. The topological polar surface area (TPSA) is 37.3 Å². The molecule has 21 heavy (non-hydrogen) atoms. The summed E-state index contributed by atoms with van der Waals surface area (Å²) < 4.78 is 0. The van der Waals surface area contributed by atoms with Crippen molar-refractivity contribution in [3.8, 4) is 5.75 Å². The first kappa shape index (κ1) is 18.0. The van der Waals surface area contributed by atoms with E-state index in [4.69, 9.17) is 11.6 Å². The Morgan fingerprint density at radius 3 is 2.14 bits per heavy atom. The van der Waals surface area contributed by atoms with Crippen LogP contribution < -0.4 is 0 Å². The Morgan fingerprint density at radius 1 is 1.14 bits per heavy atom. The van der Waals surface area contributed by atoms with E-state index in [1.54, 1.807) is 0 Å². The molecule has 1 aromatic carbocycles. The average Bonchev–Trinajstić information content (AvgIpc) is 2.29. The fraction of sp³-hybridized carbons (Fsp3) is 0.611. The van der Waals surface area contributed by atoms with Gasteiger partial charge in [0.05, 0.1) is 0 Å². The van der Waals surface area contributed by atoms with Crippen LogP contribution in [0.1, 0.15) is 70.6 Å². The highest BCUT2D eigenvalue weighted by molar-refractivity contribution is 6.63. The molecule has 3 heteroatoms. The maximum atomic E-state index is 10.9. The predicted molar refractivity (Wildman–Crippen MR) is 89.3 cm³/mol. The van der Waals surface area contributed by atoms with Gasteiger partial charge >= 0.3 is 0 Å². The van der Waals surface area contributed by atoms with Crippen LogP contribution >= 0.6 is 11.6 Å². The summed E-state index contributed by atoms with van der Waals surface area (Å²) in [6.07, 6.45) is 1.92. The van der Waals surface area contributed by atoms with Crippen molar-refractivity contribution < 1.29 is 9.90 Å². The molecule has 0 amide bonds. The quantitative estimate of drug-likeness (QED) is 0.758. The minimum atomic E-state index is -0.297. The Bertz CT molecular complexity index is 525. The van der Waals surface area contributed by atoms with Gasteiger partial charge in [0.1, 0.15) is 5.75 Å². The van der Waals surface area contributed by atoms with Gasteiger partial charge in [-0.25, -0.2) is 0 Å². The first-order valence-corrected chi connectivity index (χ1v) is 7.86. The van der Waals surface area contributed by atoms with Crippen molar-refractivity contribution in [2.24, 2.45) is 0 Å². The molecule has 0 bridgehead atoms. The van der Waals surface area contributed by atoms with Gasteiger partial charge in [0, 0.05) is 12.0 Å². The van der Waals surface area contributed by atoms with Crippen molar-refractivity contribution in [2.45, 2.75) is 71.6 Å². The van der Waals surface area contributed by atoms with Crippen molar-refractivity contribution in [3.05, 3.63) is 28.8 Å². The van der Waals surface area contributed by atoms with E-state index in [9.17, 15) is 9.90 Å². The molecular weight excluding hydrogens is 284 g/mol. The fourth-order valence-corrected chi connectivity index (χ4v) is 2.80. The number of hydrogen-bond donors (Lipinski definition) is 1. The molecule has 0 saturated carbocycles. The van der Waals surface area contributed by atoms with Gasteiger partial charge < -0.3 is 5.11 Å². The Morgan fingerprint density at radius 2 is 1.67 bits per heavy atom. The smallest absolute Gasteiger partial charge is 0.221 e. The van der Waals surface area contributed by atoms with Crippen LogP contribution in [0.2, 0.25) is 0 Å². The average molecular weight is 311 g/mol. The lowest BCUT2D eigenvalue weighted by atomic mass is 9.75. The number of carbonyl (C=O) groups is 1. The molecule has 0 unspecified atom stereocenters. The second-order valence-electron chi connectivity index (χ2n) is 7.55. The van der Waals surface area contributed by atoms with Gasteiger partial charge in [-0.05, 0) is 47.8 Å². The van der Waals surface area contributed by atoms with Crippen LogP contribution in [0.5, 0.6) is 5.75 Å². The molecule has 118 valence electrons. The lowest BCUT2D eigenvalue weighted by molar-refractivity contribution is -0.111. The molecule has 0 atom stereocenters. The van der Waals surface area contributed by atoms with Gasteiger partial charge in [0.25, 0.3) is 0 Å². The van der Waals surface area contributed by atoms with Crippen molar-refractivity contribution in [1.82, 2.24) is 0 Å². The van der Waals surface area contributed by atoms with Crippen LogP contribution in [0, 0.1) is 6.92 Å². The van der Waals surface area contributed by atoms with E-state index in [2.05, 4.69) is 47.6 Å². The van der Waals surface area contributed by atoms with Gasteiger partial charge in [0.15, 0.2) is 0 Å². The van der Waals surface area contributed by atoms with E-state index in [0.29, 0.717) is 12.2 Å². The van der Waals surface area contributed by atoms with Crippen LogP contribution in [-0.4, -0.2) is 10.3 Å². The highest BCUT2D eigenvalue weighted by Gasteiger charge is 2.28. The fourth-order valence-electron chi connectivity index (χ4n) is 2.67. The molecular formula is C18H27ClO2. The summed E-state index contributed by atoms with van der Waals surface area (Å²) in [6, 6.07) is 4.10.